The molecule has 0 aromatic heterocycles. The molecule has 7 nitrogen and oxygen atoms in total. The molecule has 0 spiro atoms. The third-order valence-electron chi connectivity index (χ3n) is 5.12. The molecule has 4 rings (SSSR count). The van der Waals surface area contributed by atoms with Crippen LogP contribution in [0.2, 0.25) is 5.02 Å². The lowest BCUT2D eigenvalue weighted by molar-refractivity contribution is -0.132. The van der Waals surface area contributed by atoms with Crippen molar-refractivity contribution in [3.8, 4) is 0 Å². The predicted molar refractivity (Wildman–Crippen MR) is 120 cm³/mol. The number of carbonyl (C=O) groups is 2. The zero-order valence-electron chi connectivity index (χ0n) is 16.5. The standard InChI is InChI=1S/C23H17ClN2O5S/c24-16-8-6-14(7-9-16)20-19(21(27)15-4-2-1-3-5-15)22(28)23(29)26(20)17-10-12-18(13-11-17)32(25,30)31/h1-13,20,27H,(H2,25,30,31). The van der Waals surface area contributed by atoms with Gasteiger partial charge in [0.1, 0.15) is 5.76 Å². The second-order valence-corrected chi connectivity index (χ2v) is 9.12. The van der Waals surface area contributed by atoms with Crippen LogP contribution >= 0.6 is 11.6 Å². The lowest BCUT2D eigenvalue weighted by atomic mass is 9.95. The number of aliphatic hydroxyl groups is 1. The van der Waals surface area contributed by atoms with Gasteiger partial charge in [-0.05, 0) is 42.0 Å². The number of rotatable bonds is 4. The number of carbonyl (C=O) groups excluding carboxylic acids is 2. The first kappa shape index (κ1) is 21.8. The molecule has 162 valence electrons. The van der Waals surface area contributed by atoms with E-state index in [1.54, 1.807) is 54.6 Å². The number of amides is 1. The van der Waals surface area contributed by atoms with E-state index in [1.165, 1.54) is 29.2 Å². The highest BCUT2D eigenvalue weighted by atomic mass is 35.5. The first-order chi connectivity index (χ1) is 15.2. The van der Waals surface area contributed by atoms with Gasteiger partial charge >= 0.3 is 0 Å². The van der Waals surface area contributed by atoms with E-state index in [9.17, 15) is 23.1 Å². The molecule has 32 heavy (non-hydrogen) atoms. The molecule has 1 aliphatic heterocycles. The zero-order valence-corrected chi connectivity index (χ0v) is 18.0. The lowest BCUT2D eigenvalue weighted by Gasteiger charge is -2.25. The molecule has 9 heteroatoms. The number of nitrogens with two attached hydrogens (primary N) is 1. The van der Waals surface area contributed by atoms with Gasteiger partial charge in [-0.3, -0.25) is 14.5 Å². The second kappa shape index (κ2) is 8.23. The van der Waals surface area contributed by atoms with E-state index >= 15 is 0 Å². The van der Waals surface area contributed by atoms with Gasteiger partial charge in [0.2, 0.25) is 10.0 Å². The molecule has 3 aromatic rings. The molecule has 3 N–H and O–H groups in total. The molecule has 1 fully saturated rings. The van der Waals surface area contributed by atoms with Gasteiger partial charge in [-0.1, -0.05) is 54.1 Å². The van der Waals surface area contributed by atoms with Crippen LogP contribution < -0.4 is 10.0 Å². The van der Waals surface area contributed by atoms with Gasteiger partial charge in [0.25, 0.3) is 11.7 Å². The van der Waals surface area contributed by atoms with Crippen molar-refractivity contribution in [3.63, 3.8) is 0 Å². The molecule has 0 aliphatic carbocycles. The van der Waals surface area contributed by atoms with Crippen LogP contribution in [0.5, 0.6) is 0 Å². The van der Waals surface area contributed by atoms with Crippen molar-refractivity contribution in [1.82, 2.24) is 0 Å². The number of hydrogen-bond acceptors (Lipinski definition) is 5. The quantitative estimate of drug-likeness (QED) is 0.344. The molecular formula is C23H17ClN2O5S. The van der Waals surface area contributed by atoms with E-state index in [2.05, 4.69) is 0 Å². The minimum Gasteiger partial charge on any atom is -0.507 e. The number of nitrogens with zero attached hydrogens (tertiary/aromatic N) is 1. The summed E-state index contributed by atoms with van der Waals surface area (Å²) in [6.07, 6.45) is 0. The summed E-state index contributed by atoms with van der Waals surface area (Å²) in [5.74, 6) is -2.03. The topological polar surface area (TPSA) is 118 Å². The normalized spacial score (nSPS) is 18.2. The number of halogens is 1. The van der Waals surface area contributed by atoms with Crippen molar-refractivity contribution < 1.29 is 23.1 Å². The van der Waals surface area contributed by atoms with Crippen LogP contribution in [0.15, 0.2) is 89.3 Å². The fourth-order valence-electron chi connectivity index (χ4n) is 3.61. The van der Waals surface area contributed by atoms with Gasteiger partial charge in [0, 0.05) is 16.3 Å². The van der Waals surface area contributed by atoms with Crippen LogP contribution in [0.3, 0.4) is 0 Å². The first-order valence-corrected chi connectivity index (χ1v) is 11.4. The number of aliphatic hydroxyl groups excluding tert-OH is 1. The maximum atomic E-state index is 13.0. The van der Waals surface area contributed by atoms with E-state index in [0.29, 0.717) is 16.1 Å². The van der Waals surface area contributed by atoms with Crippen LogP contribution in [-0.2, 0) is 19.6 Å². The maximum Gasteiger partial charge on any atom is 0.300 e. The molecule has 0 radical (unpaired) electrons. The minimum absolute atomic E-state index is 0.0842. The fraction of sp³-hybridized carbons (Fsp3) is 0.0435. The van der Waals surface area contributed by atoms with Crippen molar-refractivity contribution in [2.75, 3.05) is 4.90 Å². The number of hydrogen-bond donors (Lipinski definition) is 2. The Labute approximate surface area is 189 Å². The van der Waals surface area contributed by atoms with Crippen molar-refractivity contribution in [2.24, 2.45) is 5.14 Å². The average Bonchev–Trinajstić information content (AvgIpc) is 3.04. The minimum atomic E-state index is -3.93. The summed E-state index contributed by atoms with van der Waals surface area (Å²) >= 11 is 6.01. The van der Waals surface area contributed by atoms with Gasteiger partial charge in [0.15, 0.2) is 0 Å². The molecule has 1 atom stereocenters. The van der Waals surface area contributed by atoms with E-state index in [1.807, 2.05) is 0 Å². The number of primary sulfonamides is 1. The number of sulfonamides is 1. The molecule has 1 aliphatic rings. The Morgan fingerprint density at radius 3 is 2.06 bits per heavy atom. The Balaban J connectivity index is 1.92. The van der Waals surface area contributed by atoms with Crippen molar-refractivity contribution in [2.45, 2.75) is 10.9 Å². The van der Waals surface area contributed by atoms with Crippen LogP contribution in [0.25, 0.3) is 5.76 Å². The molecule has 0 bridgehead atoms. The van der Waals surface area contributed by atoms with Crippen LogP contribution in [-0.4, -0.2) is 25.2 Å². The predicted octanol–water partition coefficient (Wildman–Crippen LogP) is 3.61. The molecule has 1 unspecified atom stereocenters. The SMILES string of the molecule is NS(=O)(=O)c1ccc(N2C(=O)C(=O)C(=C(O)c3ccccc3)C2c2ccc(Cl)cc2)cc1. The largest absolute Gasteiger partial charge is 0.507 e. The van der Waals surface area contributed by atoms with Gasteiger partial charge in [-0.25, -0.2) is 13.6 Å². The van der Waals surface area contributed by atoms with E-state index in [0.717, 1.165) is 0 Å². The Kier molecular flexibility index (Phi) is 5.60. The van der Waals surface area contributed by atoms with E-state index in [-0.39, 0.29) is 21.9 Å². The fourth-order valence-corrected chi connectivity index (χ4v) is 4.25. The van der Waals surface area contributed by atoms with Gasteiger partial charge in [-0.15, -0.1) is 0 Å². The molecule has 1 saturated heterocycles. The van der Waals surface area contributed by atoms with E-state index < -0.39 is 27.8 Å². The van der Waals surface area contributed by atoms with Gasteiger partial charge in [-0.2, -0.15) is 0 Å². The Morgan fingerprint density at radius 1 is 0.906 bits per heavy atom. The van der Waals surface area contributed by atoms with Crippen molar-refractivity contribution >= 4 is 44.8 Å². The van der Waals surface area contributed by atoms with Gasteiger partial charge < -0.3 is 5.11 Å². The molecule has 1 amide bonds. The highest BCUT2D eigenvalue weighted by Gasteiger charge is 2.47. The monoisotopic (exact) mass is 468 g/mol. The summed E-state index contributed by atoms with van der Waals surface area (Å²) in [4.78, 5) is 27.2. The third-order valence-corrected chi connectivity index (χ3v) is 6.30. The van der Waals surface area contributed by atoms with Crippen LogP contribution in [0, 0.1) is 0 Å². The molecular weight excluding hydrogens is 452 g/mol. The number of Topliss-reactive ketones (excluding diaryl/α,β-unsaturated/α-hetero) is 1. The number of ketones is 1. The average molecular weight is 469 g/mol. The smallest absolute Gasteiger partial charge is 0.300 e. The van der Waals surface area contributed by atoms with Crippen molar-refractivity contribution in [1.29, 1.82) is 0 Å². The van der Waals surface area contributed by atoms with Gasteiger partial charge in [0.05, 0.1) is 16.5 Å². The molecule has 1 heterocycles. The third kappa shape index (κ3) is 3.91. The summed E-state index contributed by atoms with van der Waals surface area (Å²) in [5, 5.41) is 16.6. The number of anilines is 1. The Hall–Kier alpha value is -3.46. The van der Waals surface area contributed by atoms with Crippen LogP contribution in [0.1, 0.15) is 17.2 Å². The lowest BCUT2D eigenvalue weighted by Crippen LogP contribution is -2.29. The number of benzene rings is 3. The molecule has 0 saturated carbocycles. The Bertz CT molecular complexity index is 1340. The summed E-state index contributed by atoms with van der Waals surface area (Å²) in [7, 11) is -3.93. The Morgan fingerprint density at radius 2 is 1.50 bits per heavy atom. The van der Waals surface area contributed by atoms with E-state index in [4.69, 9.17) is 16.7 Å². The second-order valence-electron chi connectivity index (χ2n) is 7.13. The summed E-state index contributed by atoms with van der Waals surface area (Å²) in [6.45, 7) is 0. The maximum absolute atomic E-state index is 13.0. The molecule has 3 aromatic carbocycles. The zero-order chi connectivity index (χ0) is 23.0. The van der Waals surface area contributed by atoms with Crippen LogP contribution in [0.4, 0.5) is 5.69 Å². The summed E-state index contributed by atoms with van der Waals surface area (Å²) in [5.41, 5.74) is 1.11. The first-order valence-electron chi connectivity index (χ1n) is 9.43. The van der Waals surface area contributed by atoms with Crippen molar-refractivity contribution in [3.05, 3.63) is 101 Å². The highest BCUT2D eigenvalue weighted by Crippen LogP contribution is 2.42. The summed E-state index contributed by atoms with van der Waals surface area (Å²) < 4.78 is 23.2. The summed E-state index contributed by atoms with van der Waals surface area (Å²) in [6, 6.07) is 19.3. The highest BCUT2D eigenvalue weighted by molar-refractivity contribution is 7.89.